The standard InChI is InChI=1S/C21H20N4O3.C21H20N4O2/c1-13-22-11-16(12-23-13)21(26)25-20-6-3-14(10-24-20)15-7-18(27-2)9-19(8-15)28-17-4-5-17;1-13-22-11-18(12-23-13)21(27)25-20-5-4-16(10-24-20)17-7-15(6-14-2-3-14)8-19(26)9-17/h3,6-12,17H,4-5H2,1-2H3,(H,24,25,26);4-5,7-12,14,26H,2-3,6H2,1H3,(H,24,25,27). The van der Waals surface area contributed by atoms with Gasteiger partial charge in [0.05, 0.1) is 24.3 Å². The molecule has 2 fully saturated rings. The van der Waals surface area contributed by atoms with Gasteiger partial charge in [-0.15, -0.1) is 0 Å². The summed E-state index contributed by atoms with van der Waals surface area (Å²) in [5, 5.41) is 15.5. The van der Waals surface area contributed by atoms with Crippen LogP contribution in [0.1, 0.15) is 63.6 Å². The number of ether oxygens (including phenoxy) is 2. The number of aromatic nitrogens is 6. The van der Waals surface area contributed by atoms with E-state index in [2.05, 4.69) is 46.6 Å². The van der Waals surface area contributed by atoms with Gasteiger partial charge in [-0.05, 0) is 117 Å². The van der Waals surface area contributed by atoms with Crippen molar-refractivity contribution in [2.45, 2.75) is 52.1 Å². The molecule has 2 aliphatic carbocycles. The van der Waals surface area contributed by atoms with Crippen LogP contribution in [-0.2, 0) is 6.42 Å². The molecule has 55 heavy (non-hydrogen) atoms. The van der Waals surface area contributed by atoms with Crippen LogP contribution in [0.4, 0.5) is 11.6 Å². The van der Waals surface area contributed by atoms with Crippen LogP contribution in [0.2, 0.25) is 0 Å². The molecule has 0 atom stereocenters. The van der Waals surface area contributed by atoms with E-state index in [-0.39, 0.29) is 17.6 Å². The number of pyridine rings is 2. The van der Waals surface area contributed by atoms with Crippen molar-refractivity contribution in [2.75, 3.05) is 17.7 Å². The molecule has 2 saturated carbocycles. The number of aromatic hydroxyl groups is 1. The Morgan fingerprint density at radius 2 is 1.16 bits per heavy atom. The minimum atomic E-state index is -0.306. The highest BCUT2D eigenvalue weighted by Crippen LogP contribution is 2.36. The minimum absolute atomic E-state index is 0.264. The summed E-state index contributed by atoms with van der Waals surface area (Å²) in [5.41, 5.74) is 5.55. The summed E-state index contributed by atoms with van der Waals surface area (Å²) < 4.78 is 11.3. The fourth-order valence-electron chi connectivity index (χ4n) is 5.59. The van der Waals surface area contributed by atoms with Crippen molar-refractivity contribution < 1.29 is 24.2 Å². The lowest BCUT2D eigenvalue weighted by atomic mass is 10.0. The second kappa shape index (κ2) is 16.5. The molecule has 0 unspecified atom stereocenters. The number of carbonyl (C=O) groups excluding carboxylic acids is 2. The second-order valence-electron chi connectivity index (χ2n) is 13.6. The Morgan fingerprint density at radius 1 is 0.636 bits per heavy atom. The Kier molecular flexibility index (Phi) is 11.0. The summed E-state index contributed by atoms with van der Waals surface area (Å²) in [6.45, 7) is 3.53. The molecule has 4 aromatic heterocycles. The Morgan fingerprint density at radius 3 is 1.64 bits per heavy atom. The molecule has 0 spiro atoms. The van der Waals surface area contributed by atoms with Crippen molar-refractivity contribution in [3.63, 3.8) is 0 Å². The van der Waals surface area contributed by atoms with Crippen LogP contribution in [0.3, 0.4) is 0 Å². The van der Waals surface area contributed by atoms with Crippen molar-refractivity contribution in [1.29, 1.82) is 0 Å². The molecule has 0 bridgehead atoms. The molecule has 6 aromatic rings. The van der Waals surface area contributed by atoms with Crippen molar-refractivity contribution >= 4 is 23.5 Å². The van der Waals surface area contributed by atoms with Crippen molar-refractivity contribution in [3.05, 3.63) is 126 Å². The van der Waals surface area contributed by atoms with E-state index in [1.807, 2.05) is 36.4 Å². The number of aryl methyl sites for hydroxylation is 2. The molecular weight excluding hydrogens is 697 g/mol. The molecule has 0 radical (unpaired) electrons. The lowest BCUT2D eigenvalue weighted by Crippen LogP contribution is -2.13. The van der Waals surface area contributed by atoms with E-state index in [4.69, 9.17) is 9.47 Å². The molecule has 278 valence electrons. The van der Waals surface area contributed by atoms with E-state index < -0.39 is 0 Å². The first kappa shape index (κ1) is 36.6. The topological polar surface area (TPSA) is 174 Å². The highest BCUT2D eigenvalue weighted by Gasteiger charge is 2.24. The van der Waals surface area contributed by atoms with Gasteiger partial charge in [0.1, 0.15) is 40.5 Å². The smallest absolute Gasteiger partial charge is 0.259 e. The Balaban J connectivity index is 0.000000169. The van der Waals surface area contributed by atoms with Gasteiger partial charge in [-0.3, -0.25) is 9.59 Å². The van der Waals surface area contributed by atoms with Gasteiger partial charge in [-0.1, -0.05) is 6.07 Å². The zero-order chi connectivity index (χ0) is 38.3. The Hall–Kier alpha value is -6.76. The van der Waals surface area contributed by atoms with E-state index in [0.717, 1.165) is 64.5 Å². The average molecular weight is 737 g/mol. The molecular formula is C42H40N8O5. The molecule has 2 amide bonds. The number of hydrogen-bond acceptors (Lipinski definition) is 11. The maximum absolute atomic E-state index is 12.3. The third-order valence-electron chi connectivity index (χ3n) is 8.90. The maximum Gasteiger partial charge on any atom is 0.259 e. The lowest BCUT2D eigenvalue weighted by Gasteiger charge is -2.11. The molecule has 4 heterocycles. The molecule has 2 aliphatic rings. The van der Waals surface area contributed by atoms with Gasteiger partial charge in [-0.2, -0.15) is 0 Å². The molecule has 3 N–H and O–H groups in total. The van der Waals surface area contributed by atoms with E-state index in [9.17, 15) is 14.7 Å². The number of nitrogens with zero attached hydrogens (tertiary/aromatic N) is 6. The van der Waals surface area contributed by atoms with Gasteiger partial charge in [0.2, 0.25) is 0 Å². The van der Waals surface area contributed by atoms with Gasteiger partial charge in [0.25, 0.3) is 11.8 Å². The van der Waals surface area contributed by atoms with Crippen molar-refractivity contribution in [2.24, 2.45) is 5.92 Å². The number of anilines is 2. The Bertz CT molecular complexity index is 2280. The van der Waals surface area contributed by atoms with E-state index >= 15 is 0 Å². The molecule has 13 heteroatoms. The van der Waals surface area contributed by atoms with E-state index in [0.29, 0.717) is 40.5 Å². The zero-order valence-electron chi connectivity index (χ0n) is 30.7. The molecule has 13 nitrogen and oxygen atoms in total. The van der Waals surface area contributed by atoms with Crippen LogP contribution in [0.5, 0.6) is 17.2 Å². The third-order valence-corrected chi connectivity index (χ3v) is 8.90. The summed E-state index contributed by atoms with van der Waals surface area (Å²) in [4.78, 5) is 49.2. The summed E-state index contributed by atoms with van der Waals surface area (Å²) in [5.74, 6) is 4.04. The number of carbonyl (C=O) groups is 2. The molecule has 2 aromatic carbocycles. The predicted octanol–water partition coefficient (Wildman–Crippen LogP) is 7.41. The van der Waals surface area contributed by atoms with Gasteiger partial charge in [0.15, 0.2) is 0 Å². The van der Waals surface area contributed by atoms with Crippen molar-refractivity contribution in [1.82, 2.24) is 29.9 Å². The quantitative estimate of drug-likeness (QED) is 0.121. The normalized spacial score (nSPS) is 13.2. The first-order chi connectivity index (χ1) is 26.7. The number of methoxy groups -OCH3 is 1. The SMILES string of the molecule is COc1cc(OC2CC2)cc(-c2ccc(NC(=O)c3cnc(C)nc3)nc2)c1.Cc1ncc(C(=O)Nc2ccc(-c3cc(O)cc(CC4CC4)c3)cn2)cn1. The number of amides is 2. The largest absolute Gasteiger partial charge is 0.508 e. The van der Waals surface area contributed by atoms with Crippen LogP contribution in [0.15, 0.2) is 97.8 Å². The number of benzene rings is 2. The van der Waals surface area contributed by atoms with Crippen LogP contribution in [0, 0.1) is 19.8 Å². The number of nitrogens with one attached hydrogen (secondary N) is 2. The summed E-state index contributed by atoms with van der Waals surface area (Å²) in [7, 11) is 1.63. The lowest BCUT2D eigenvalue weighted by molar-refractivity contribution is 0.101. The number of phenols is 1. The first-order valence-corrected chi connectivity index (χ1v) is 18.0. The molecule has 0 saturated heterocycles. The second-order valence-corrected chi connectivity index (χ2v) is 13.6. The van der Waals surface area contributed by atoms with E-state index in [1.165, 1.54) is 37.6 Å². The molecule has 8 rings (SSSR count). The zero-order valence-corrected chi connectivity index (χ0v) is 30.7. The fourth-order valence-corrected chi connectivity index (χ4v) is 5.59. The highest BCUT2D eigenvalue weighted by molar-refractivity contribution is 6.04. The summed E-state index contributed by atoms with van der Waals surface area (Å²) >= 11 is 0. The maximum atomic E-state index is 12.3. The van der Waals surface area contributed by atoms with Gasteiger partial charge in [-0.25, -0.2) is 29.9 Å². The molecule has 0 aliphatic heterocycles. The number of rotatable bonds is 11. The highest BCUT2D eigenvalue weighted by atomic mass is 16.5. The third kappa shape index (κ3) is 10.2. The van der Waals surface area contributed by atoms with Gasteiger partial charge in [0, 0.05) is 54.4 Å². The Labute approximate surface area is 318 Å². The number of hydrogen-bond donors (Lipinski definition) is 3. The van der Waals surface area contributed by atoms with Gasteiger partial charge >= 0.3 is 0 Å². The van der Waals surface area contributed by atoms with Crippen LogP contribution >= 0.6 is 0 Å². The van der Waals surface area contributed by atoms with Crippen LogP contribution < -0.4 is 20.1 Å². The number of phenolic OH excluding ortho intramolecular Hbond substituents is 1. The average Bonchev–Trinajstić information content (AvgIpc) is 4.14. The minimum Gasteiger partial charge on any atom is -0.508 e. The van der Waals surface area contributed by atoms with Crippen LogP contribution in [0.25, 0.3) is 22.3 Å². The van der Waals surface area contributed by atoms with E-state index in [1.54, 1.807) is 51.6 Å². The van der Waals surface area contributed by atoms with Gasteiger partial charge < -0.3 is 25.2 Å². The summed E-state index contributed by atoms with van der Waals surface area (Å²) in [6, 6.07) is 18.7. The fraction of sp³-hybridized carbons (Fsp3) is 0.238. The van der Waals surface area contributed by atoms with Crippen molar-refractivity contribution in [3.8, 4) is 39.5 Å². The summed E-state index contributed by atoms with van der Waals surface area (Å²) in [6.07, 6.45) is 15.4. The monoisotopic (exact) mass is 736 g/mol. The van der Waals surface area contributed by atoms with Crippen LogP contribution in [-0.4, -0.2) is 60.0 Å². The predicted molar refractivity (Wildman–Crippen MR) is 207 cm³/mol. The first-order valence-electron chi connectivity index (χ1n) is 18.0.